The average molecular weight is 420 g/mol. The molecule has 0 saturated heterocycles. The molecule has 2 heterocycles. The summed E-state index contributed by atoms with van der Waals surface area (Å²) in [6, 6.07) is 16.3. The highest BCUT2D eigenvalue weighted by molar-refractivity contribution is 8.00. The first-order valence-corrected chi connectivity index (χ1v) is 10.2. The number of carbonyl (C=O) groups excluding carboxylic acids is 2. The smallest absolute Gasteiger partial charge is 0.254 e. The molecule has 0 bridgehead atoms. The number of aromatic amines is 1. The Morgan fingerprint density at radius 2 is 1.83 bits per heavy atom. The van der Waals surface area contributed by atoms with Gasteiger partial charge in [0.25, 0.3) is 5.91 Å². The number of imidazole rings is 1. The number of rotatable bonds is 7. The second-order valence-electron chi connectivity index (χ2n) is 6.46. The van der Waals surface area contributed by atoms with E-state index >= 15 is 0 Å². The van der Waals surface area contributed by atoms with Crippen LogP contribution in [0, 0.1) is 5.82 Å². The lowest BCUT2D eigenvalue weighted by molar-refractivity contribution is 0.0945. The number of nitrogens with one attached hydrogen (secondary N) is 2. The molecule has 0 radical (unpaired) electrons. The summed E-state index contributed by atoms with van der Waals surface area (Å²) in [6.07, 6.45) is 1.57. The van der Waals surface area contributed by atoms with E-state index in [0.717, 1.165) is 11.0 Å². The molecule has 0 aliphatic carbocycles. The Bertz CT molecular complexity index is 1170. The number of fused-ring (bicyclic) bond motifs is 1. The Morgan fingerprint density at radius 3 is 2.63 bits per heavy atom. The first kappa shape index (κ1) is 19.8. The zero-order valence-corrected chi connectivity index (χ0v) is 16.6. The molecule has 4 rings (SSSR count). The summed E-state index contributed by atoms with van der Waals surface area (Å²) in [5, 5.41) is 3.28. The Morgan fingerprint density at radius 1 is 1.03 bits per heavy atom. The lowest BCUT2D eigenvalue weighted by Gasteiger charge is -2.08. The number of Topliss-reactive ketones (excluding diaryl/α,β-unsaturated/α-hetero) is 1. The Labute approximate surface area is 175 Å². The van der Waals surface area contributed by atoms with Crippen LogP contribution < -0.4 is 5.32 Å². The normalized spacial score (nSPS) is 10.8. The van der Waals surface area contributed by atoms with Crippen molar-refractivity contribution < 1.29 is 14.0 Å². The molecule has 4 aromatic rings. The van der Waals surface area contributed by atoms with Gasteiger partial charge in [-0.3, -0.25) is 9.59 Å². The second kappa shape index (κ2) is 8.87. The molecule has 2 aromatic carbocycles. The van der Waals surface area contributed by atoms with Crippen LogP contribution in [0.1, 0.15) is 26.5 Å². The van der Waals surface area contributed by atoms with Crippen molar-refractivity contribution in [1.82, 2.24) is 20.3 Å². The van der Waals surface area contributed by atoms with Crippen LogP contribution in [0.5, 0.6) is 0 Å². The first-order valence-electron chi connectivity index (χ1n) is 9.18. The predicted molar refractivity (Wildman–Crippen MR) is 113 cm³/mol. The topological polar surface area (TPSA) is 87.7 Å². The highest BCUT2D eigenvalue weighted by Crippen LogP contribution is 2.21. The van der Waals surface area contributed by atoms with E-state index in [1.807, 2.05) is 24.3 Å². The number of hydrogen-bond acceptors (Lipinski definition) is 5. The summed E-state index contributed by atoms with van der Waals surface area (Å²) < 4.78 is 13.0. The molecule has 30 heavy (non-hydrogen) atoms. The number of para-hydroxylation sites is 2. The molecule has 1 amide bonds. The predicted octanol–water partition coefficient (Wildman–Crippen LogP) is 4.00. The molecule has 6 nitrogen and oxygen atoms in total. The highest BCUT2D eigenvalue weighted by atomic mass is 32.2. The zero-order chi connectivity index (χ0) is 20.9. The maximum Gasteiger partial charge on any atom is 0.254 e. The van der Waals surface area contributed by atoms with Gasteiger partial charge in [-0.15, -0.1) is 0 Å². The number of hydrogen-bond donors (Lipinski definition) is 2. The van der Waals surface area contributed by atoms with Gasteiger partial charge in [-0.05, 0) is 48.5 Å². The Hall–Kier alpha value is -3.52. The van der Waals surface area contributed by atoms with Crippen molar-refractivity contribution in [2.75, 3.05) is 5.75 Å². The van der Waals surface area contributed by atoms with Crippen LogP contribution in [0.2, 0.25) is 0 Å². The van der Waals surface area contributed by atoms with Gasteiger partial charge in [0.15, 0.2) is 5.78 Å². The average Bonchev–Trinajstić information content (AvgIpc) is 3.19. The minimum Gasteiger partial charge on any atom is -0.345 e. The number of halogens is 1. The molecule has 2 N–H and O–H groups in total. The van der Waals surface area contributed by atoms with Gasteiger partial charge in [-0.1, -0.05) is 23.9 Å². The van der Waals surface area contributed by atoms with Crippen LogP contribution in [0.4, 0.5) is 4.39 Å². The van der Waals surface area contributed by atoms with Crippen molar-refractivity contribution in [3.8, 4) is 0 Å². The molecule has 0 aliphatic rings. The molecule has 150 valence electrons. The third-order valence-electron chi connectivity index (χ3n) is 4.38. The number of amides is 1. The molecule has 0 fully saturated rings. The number of thioether (sulfide) groups is 1. The largest absolute Gasteiger partial charge is 0.345 e. The fourth-order valence-corrected chi connectivity index (χ4v) is 3.77. The summed E-state index contributed by atoms with van der Waals surface area (Å²) in [4.78, 5) is 36.8. The minimum absolute atomic E-state index is 0.0898. The Balaban J connectivity index is 1.41. The van der Waals surface area contributed by atoms with Crippen molar-refractivity contribution in [3.63, 3.8) is 0 Å². The summed E-state index contributed by atoms with van der Waals surface area (Å²) in [5.74, 6) is -0.131. The van der Waals surface area contributed by atoms with E-state index in [1.165, 1.54) is 36.0 Å². The van der Waals surface area contributed by atoms with E-state index in [1.54, 1.807) is 18.3 Å². The molecule has 0 unspecified atom stereocenters. The molecule has 2 aromatic heterocycles. The lowest BCUT2D eigenvalue weighted by Crippen LogP contribution is -2.24. The highest BCUT2D eigenvalue weighted by Gasteiger charge is 2.15. The van der Waals surface area contributed by atoms with Gasteiger partial charge in [-0.2, -0.15) is 0 Å². The monoisotopic (exact) mass is 420 g/mol. The summed E-state index contributed by atoms with van der Waals surface area (Å²) >= 11 is 1.17. The van der Waals surface area contributed by atoms with Gasteiger partial charge in [0, 0.05) is 11.8 Å². The van der Waals surface area contributed by atoms with Gasteiger partial charge in [-0.25, -0.2) is 14.4 Å². The number of H-pyrrole nitrogens is 1. The van der Waals surface area contributed by atoms with Crippen LogP contribution in [0.25, 0.3) is 11.0 Å². The van der Waals surface area contributed by atoms with E-state index in [9.17, 15) is 14.0 Å². The van der Waals surface area contributed by atoms with Crippen LogP contribution >= 0.6 is 11.8 Å². The maximum atomic E-state index is 13.0. The summed E-state index contributed by atoms with van der Waals surface area (Å²) in [7, 11) is 0. The van der Waals surface area contributed by atoms with Crippen molar-refractivity contribution in [2.45, 2.75) is 11.6 Å². The van der Waals surface area contributed by atoms with E-state index in [4.69, 9.17) is 0 Å². The number of carbonyl (C=O) groups is 2. The number of benzene rings is 2. The van der Waals surface area contributed by atoms with Crippen molar-refractivity contribution in [3.05, 3.63) is 89.6 Å². The third kappa shape index (κ3) is 4.55. The number of nitrogens with zero attached hydrogens (tertiary/aromatic N) is 2. The SMILES string of the molecule is O=C(CSc1ncccc1C(=O)NCc1nc2ccccc2[nH]1)c1ccc(F)cc1. The molecule has 8 heteroatoms. The minimum atomic E-state index is -0.396. The maximum absolute atomic E-state index is 13.0. The van der Waals surface area contributed by atoms with Gasteiger partial charge >= 0.3 is 0 Å². The Kier molecular flexibility index (Phi) is 5.85. The van der Waals surface area contributed by atoms with E-state index in [0.29, 0.717) is 22.0 Å². The molecule has 0 spiro atoms. The third-order valence-corrected chi connectivity index (χ3v) is 5.38. The lowest BCUT2D eigenvalue weighted by atomic mass is 10.1. The first-order chi connectivity index (χ1) is 14.6. The molecule has 0 atom stereocenters. The van der Waals surface area contributed by atoms with Crippen LogP contribution in [0.3, 0.4) is 0 Å². The van der Waals surface area contributed by atoms with Crippen molar-refractivity contribution >= 4 is 34.5 Å². The number of pyridine rings is 1. The molecular formula is C22H17FN4O2S. The zero-order valence-electron chi connectivity index (χ0n) is 15.8. The molecular weight excluding hydrogens is 403 g/mol. The van der Waals surface area contributed by atoms with E-state index in [-0.39, 0.29) is 24.0 Å². The van der Waals surface area contributed by atoms with E-state index in [2.05, 4.69) is 20.3 Å². The van der Waals surface area contributed by atoms with Gasteiger partial charge < -0.3 is 10.3 Å². The van der Waals surface area contributed by atoms with Crippen molar-refractivity contribution in [2.24, 2.45) is 0 Å². The standard InChI is InChI=1S/C22H17FN4O2S/c23-15-9-7-14(8-10-15)19(28)13-30-22-16(4-3-11-24-22)21(29)25-12-20-26-17-5-1-2-6-18(17)27-20/h1-11H,12-13H2,(H,25,29)(H,26,27). The van der Waals surface area contributed by atoms with Gasteiger partial charge in [0.05, 0.1) is 28.9 Å². The van der Waals surface area contributed by atoms with Crippen LogP contribution in [-0.4, -0.2) is 32.4 Å². The summed E-state index contributed by atoms with van der Waals surface area (Å²) in [5.41, 5.74) is 2.53. The van der Waals surface area contributed by atoms with Gasteiger partial charge in [0.1, 0.15) is 16.7 Å². The van der Waals surface area contributed by atoms with E-state index < -0.39 is 5.82 Å². The summed E-state index contributed by atoms with van der Waals surface area (Å²) in [6.45, 7) is 0.237. The molecule has 0 aliphatic heterocycles. The fraction of sp³-hybridized carbons (Fsp3) is 0.0909. The quantitative estimate of drug-likeness (QED) is 0.349. The van der Waals surface area contributed by atoms with Crippen LogP contribution in [0.15, 0.2) is 71.9 Å². The van der Waals surface area contributed by atoms with Gasteiger partial charge in [0.2, 0.25) is 0 Å². The van der Waals surface area contributed by atoms with Crippen molar-refractivity contribution in [1.29, 1.82) is 0 Å². The number of ketones is 1. The second-order valence-corrected chi connectivity index (χ2v) is 7.42. The fourth-order valence-electron chi connectivity index (χ4n) is 2.88. The number of aromatic nitrogens is 3. The van der Waals surface area contributed by atoms with Crippen LogP contribution in [-0.2, 0) is 6.54 Å². The molecule has 0 saturated carbocycles.